The van der Waals surface area contributed by atoms with Crippen molar-refractivity contribution in [2.75, 3.05) is 26.1 Å². The third-order valence-electron chi connectivity index (χ3n) is 3.58. The molecule has 0 bridgehead atoms. The Kier molecular flexibility index (Phi) is 7.01. The first-order valence-corrected chi connectivity index (χ1v) is 8.48. The van der Waals surface area contributed by atoms with Gasteiger partial charge in [-0.15, -0.1) is 0 Å². The van der Waals surface area contributed by atoms with Gasteiger partial charge in [-0.2, -0.15) is 0 Å². The van der Waals surface area contributed by atoms with Crippen molar-refractivity contribution < 1.29 is 28.2 Å². The van der Waals surface area contributed by atoms with E-state index >= 15 is 0 Å². The van der Waals surface area contributed by atoms with E-state index in [2.05, 4.69) is 10.1 Å². The molecule has 6 nitrogen and oxygen atoms in total. The van der Waals surface area contributed by atoms with Crippen LogP contribution in [0.15, 0.2) is 30.3 Å². The van der Waals surface area contributed by atoms with Crippen molar-refractivity contribution in [3.8, 4) is 11.5 Å². The van der Waals surface area contributed by atoms with Crippen molar-refractivity contribution >= 4 is 29.2 Å². The van der Waals surface area contributed by atoms with Crippen LogP contribution in [0.1, 0.15) is 34.1 Å². The van der Waals surface area contributed by atoms with E-state index in [1.807, 2.05) is 6.92 Å². The summed E-state index contributed by atoms with van der Waals surface area (Å²) in [5.41, 5.74) is 0.0843. The van der Waals surface area contributed by atoms with E-state index < -0.39 is 17.7 Å². The zero-order valence-electron chi connectivity index (χ0n) is 15.1. The molecule has 0 atom stereocenters. The number of halogens is 2. The second-order valence-corrected chi connectivity index (χ2v) is 5.89. The Morgan fingerprint density at radius 1 is 1.15 bits per heavy atom. The van der Waals surface area contributed by atoms with E-state index in [4.69, 9.17) is 21.1 Å². The Balaban J connectivity index is 2.31. The number of methoxy groups -OCH3 is 2. The van der Waals surface area contributed by atoms with Gasteiger partial charge in [0, 0.05) is 5.56 Å². The van der Waals surface area contributed by atoms with Gasteiger partial charge in [-0.25, -0.2) is 9.18 Å². The number of ether oxygens (including phenoxy) is 3. The number of nitrogens with one attached hydrogen (secondary N) is 1. The summed E-state index contributed by atoms with van der Waals surface area (Å²) in [6, 6.07) is 6.35. The smallest absolute Gasteiger partial charge is 0.337 e. The minimum absolute atomic E-state index is 0.105. The molecule has 0 fully saturated rings. The van der Waals surface area contributed by atoms with Gasteiger partial charge in [-0.05, 0) is 36.8 Å². The summed E-state index contributed by atoms with van der Waals surface area (Å²) in [7, 11) is 2.63. The van der Waals surface area contributed by atoms with Crippen molar-refractivity contribution in [3.63, 3.8) is 0 Å². The lowest BCUT2D eigenvalue weighted by atomic mass is 10.1. The normalized spacial score (nSPS) is 10.3. The molecule has 0 saturated carbocycles. The van der Waals surface area contributed by atoms with Gasteiger partial charge in [-0.3, -0.25) is 4.79 Å². The Morgan fingerprint density at radius 2 is 1.89 bits per heavy atom. The predicted molar refractivity (Wildman–Crippen MR) is 99.5 cm³/mol. The summed E-state index contributed by atoms with van der Waals surface area (Å²) < 4.78 is 29.4. The molecule has 0 aliphatic carbocycles. The van der Waals surface area contributed by atoms with Crippen molar-refractivity contribution in [1.29, 1.82) is 0 Å². The second kappa shape index (κ2) is 9.23. The van der Waals surface area contributed by atoms with E-state index in [0.29, 0.717) is 12.4 Å². The van der Waals surface area contributed by atoms with Gasteiger partial charge in [0.15, 0.2) is 11.5 Å². The molecule has 0 radical (unpaired) electrons. The largest absolute Gasteiger partial charge is 0.493 e. The average Bonchev–Trinajstić information content (AvgIpc) is 2.67. The van der Waals surface area contributed by atoms with Crippen molar-refractivity contribution in [3.05, 3.63) is 52.3 Å². The molecule has 1 amide bonds. The second-order valence-electron chi connectivity index (χ2n) is 5.48. The predicted octanol–water partition coefficient (Wildman–Crippen LogP) is 4.32. The Bertz CT molecular complexity index is 856. The van der Waals surface area contributed by atoms with E-state index in [1.165, 1.54) is 38.5 Å². The number of carbonyl (C=O) groups is 2. The highest BCUT2D eigenvalue weighted by Crippen LogP contribution is 2.36. The fourth-order valence-corrected chi connectivity index (χ4v) is 2.52. The molecule has 2 rings (SSSR count). The maximum absolute atomic E-state index is 14.0. The minimum Gasteiger partial charge on any atom is -0.493 e. The van der Waals surface area contributed by atoms with E-state index in [0.717, 1.165) is 12.5 Å². The Labute approximate surface area is 161 Å². The summed E-state index contributed by atoms with van der Waals surface area (Å²) in [6.45, 7) is 2.38. The molecule has 0 heterocycles. The van der Waals surface area contributed by atoms with Crippen LogP contribution in [0.3, 0.4) is 0 Å². The van der Waals surface area contributed by atoms with Gasteiger partial charge >= 0.3 is 5.97 Å². The molecule has 0 aliphatic heterocycles. The maximum atomic E-state index is 14.0. The molecule has 0 aliphatic rings. The number of anilines is 1. The van der Waals surface area contributed by atoms with Gasteiger partial charge in [0.2, 0.25) is 0 Å². The molecule has 2 aromatic rings. The zero-order valence-corrected chi connectivity index (χ0v) is 15.9. The van der Waals surface area contributed by atoms with Crippen LogP contribution >= 0.6 is 11.6 Å². The maximum Gasteiger partial charge on any atom is 0.337 e. The quantitative estimate of drug-likeness (QED) is 0.707. The molecule has 2 aromatic carbocycles. The number of esters is 1. The monoisotopic (exact) mass is 395 g/mol. The summed E-state index contributed by atoms with van der Waals surface area (Å²) in [6.07, 6.45) is 0.775. The molecular weight excluding hydrogens is 377 g/mol. The minimum atomic E-state index is -0.697. The van der Waals surface area contributed by atoms with Crippen LogP contribution < -0.4 is 14.8 Å². The van der Waals surface area contributed by atoms with Gasteiger partial charge in [0.05, 0.1) is 37.1 Å². The van der Waals surface area contributed by atoms with Crippen LogP contribution in [0.2, 0.25) is 5.02 Å². The average molecular weight is 396 g/mol. The molecule has 1 N–H and O–H groups in total. The first kappa shape index (κ1) is 20.5. The summed E-state index contributed by atoms with van der Waals surface area (Å²) in [4.78, 5) is 24.1. The number of carbonyl (C=O) groups excluding carboxylic acids is 2. The van der Waals surface area contributed by atoms with E-state index in [9.17, 15) is 14.0 Å². The van der Waals surface area contributed by atoms with Crippen LogP contribution in [0.25, 0.3) is 0 Å². The number of rotatable bonds is 7. The number of hydrogen-bond acceptors (Lipinski definition) is 5. The molecule has 8 heteroatoms. The molecule has 27 heavy (non-hydrogen) atoms. The standard InChI is InChI=1S/C19H19ClFNO5/c1-4-7-27-17-13(20)8-12(10-16(17)25-2)18(23)22-15-9-11(19(24)26-3)5-6-14(15)21/h5-6,8-10H,4,7H2,1-3H3,(H,22,23). The SMILES string of the molecule is CCCOc1c(Cl)cc(C(=O)Nc2cc(C(=O)OC)ccc2F)cc1OC. The number of amides is 1. The van der Waals surface area contributed by atoms with Gasteiger partial charge in [-0.1, -0.05) is 18.5 Å². The lowest BCUT2D eigenvalue weighted by Gasteiger charge is -2.14. The topological polar surface area (TPSA) is 73.9 Å². The molecule has 0 spiro atoms. The van der Waals surface area contributed by atoms with Crippen LogP contribution in [0.5, 0.6) is 11.5 Å². The highest BCUT2D eigenvalue weighted by atomic mass is 35.5. The Hall–Kier alpha value is -2.80. The third kappa shape index (κ3) is 4.89. The Morgan fingerprint density at radius 3 is 2.52 bits per heavy atom. The zero-order chi connectivity index (χ0) is 20.0. The lowest BCUT2D eigenvalue weighted by Crippen LogP contribution is -2.14. The summed E-state index contributed by atoms with van der Waals surface area (Å²) in [5, 5.41) is 2.60. The fraction of sp³-hybridized carbons (Fsp3) is 0.263. The van der Waals surface area contributed by atoms with E-state index in [-0.39, 0.29) is 27.6 Å². The first-order chi connectivity index (χ1) is 12.9. The highest BCUT2D eigenvalue weighted by Gasteiger charge is 2.18. The lowest BCUT2D eigenvalue weighted by molar-refractivity contribution is 0.0600. The summed E-state index contributed by atoms with van der Waals surface area (Å²) in [5.74, 6) is -1.36. The number of benzene rings is 2. The summed E-state index contributed by atoms with van der Waals surface area (Å²) >= 11 is 6.19. The third-order valence-corrected chi connectivity index (χ3v) is 3.86. The molecular formula is C19H19ClFNO5. The van der Waals surface area contributed by atoms with Crippen LogP contribution in [0, 0.1) is 5.82 Å². The van der Waals surface area contributed by atoms with Crippen LogP contribution in [0.4, 0.5) is 10.1 Å². The van der Waals surface area contributed by atoms with Crippen LogP contribution in [-0.2, 0) is 4.74 Å². The van der Waals surface area contributed by atoms with Gasteiger partial charge < -0.3 is 19.5 Å². The number of hydrogen-bond donors (Lipinski definition) is 1. The van der Waals surface area contributed by atoms with Crippen molar-refractivity contribution in [1.82, 2.24) is 0 Å². The molecule has 0 unspecified atom stereocenters. The highest BCUT2D eigenvalue weighted by molar-refractivity contribution is 6.32. The van der Waals surface area contributed by atoms with E-state index in [1.54, 1.807) is 0 Å². The van der Waals surface area contributed by atoms with Gasteiger partial charge in [0.25, 0.3) is 5.91 Å². The molecule has 0 saturated heterocycles. The van der Waals surface area contributed by atoms with Crippen molar-refractivity contribution in [2.24, 2.45) is 0 Å². The van der Waals surface area contributed by atoms with Crippen LogP contribution in [-0.4, -0.2) is 32.7 Å². The van der Waals surface area contributed by atoms with Gasteiger partial charge in [0.1, 0.15) is 5.82 Å². The molecule has 0 aromatic heterocycles. The first-order valence-electron chi connectivity index (χ1n) is 8.10. The molecule has 144 valence electrons. The van der Waals surface area contributed by atoms with Crippen molar-refractivity contribution in [2.45, 2.75) is 13.3 Å². The fourth-order valence-electron chi connectivity index (χ4n) is 2.26.